The molecule has 2 aliphatic rings. The predicted molar refractivity (Wildman–Crippen MR) is 36.4 cm³/mol. The predicted octanol–water partition coefficient (Wildman–Crippen LogP) is 1.35. The van der Waals surface area contributed by atoms with E-state index in [0.717, 1.165) is 12.8 Å². The van der Waals surface area contributed by atoms with Gasteiger partial charge in [0.25, 0.3) is 0 Å². The molecule has 2 atom stereocenters. The van der Waals surface area contributed by atoms with Crippen LogP contribution in [-0.4, -0.2) is 12.1 Å². The van der Waals surface area contributed by atoms with Gasteiger partial charge in [0.05, 0.1) is 5.92 Å². The fourth-order valence-electron chi connectivity index (χ4n) is 1.99. The van der Waals surface area contributed by atoms with E-state index in [1.807, 2.05) is 0 Å². The van der Waals surface area contributed by atoms with Crippen LogP contribution in [0.25, 0.3) is 0 Å². The Labute approximate surface area is 60.6 Å². The maximum atomic E-state index is 10.8. The van der Waals surface area contributed by atoms with Crippen molar-refractivity contribution in [2.75, 3.05) is 0 Å². The first-order valence-corrected chi connectivity index (χ1v) is 3.82. The van der Waals surface area contributed by atoms with Crippen LogP contribution >= 0.6 is 0 Å². The van der Waals surface area contributed by atoms with E-state index in [1.54, 1.807) is 0 Å². The van der Waals surface area contributed by atoms with Crippen molar-refractivity contribution in [3.05, 3.63) is 0 Å². The van der Waals surface area contributed by atoms with Gasteiger partial charge in [-0.2, -0.15) is 0 Å². The van der Waals surface area contributed by atoms with Gasteiger partial charge in [-0.3, -0.25) is 4.79 Å². The topological polar surface area (TPSA) is 26.3 Å². The molecule has 0 N–H and O–H groups in total. The van der Waals surface area contributed by atoms with E-state index in [0.29, 0.717) is 0 Å². The standard InChI is InChI=1S/C8H12O2/c1-8(2)4-3-5-6(8)10-7(5)9/h5-6H,3-4H2,1-2H3/t5-,6-/m1/s1. The van der Waals surface area contributed by atoms with Crippen LogP contribution in [0.5, 0.6) is 0 Å². The number of rotatable bonds is 0. The van der Waals surface area contributed by atoms with Crippen LogP contribution in [0.15, 0.2) is 0 Å². The zero-order chi connectivity index (χ0) is 7.35. The van der Waals surface area contributed by atoms with Crippen LogP contribution in [0.1, 0.15) is 26.7 Å². The van der Waals surface area contributed by atoms with Gasteiger partial charge >= 0.3 is 5.97 Å². The summed E-state index contributed by atoms with van der Waals surface area (Å²) < 4.78 is 5.04. The molecule has 1 saturated carbocycles. The molecule has 0 aromatic carbocycles. The zero-order valence-electron chi connectivity index (χ0n) is 6.39. The Hall–Kier alpha value is -0.530. The average molecular weight is 140 g/mol. The maximum Gasteiger partial charge on any atom is 0.313 e. The molecule has 0 aromatic rings. The van der Waals surface area contributed by atoms with Crippen molar-refractivity contribution in [3.8, 4) is 0 Å². The largest absolute Gasteiger partial charge is 0.461 e. The highest BCUT2D eigenvalue weighted by atomic mass is 16.6. The van der Waals surface area contributed by atoms with Crippen molar-refractivity contribution >= 4 is 5.97 Å². The molecule has 1 aliphatic carbocycles. The Morgan fingerprint density at radius 2 is 2.30 bits per heavy atom. The molecule has 10 heavy (non-hydrogen) atoms. The lowest BCUT2D eigenvalue weighted by molar-refractivity contribution is -0.189. The van der Waals surface area contributed by atoms with E-state index in [2.05, 4.69) is 13.8 Å². The lowest BCUT2D eigenvalue weighted by Gasteiger charge is -2.37. The number of ether oxygens (including phenoxy) is 1. The molecule has 56 valence electrons. The third-order valence-corrected chi connectivity index (χ3v) is 2.78. The molecular formula is C8H12O2. The molecule has 0 bridgehead atoms. The first kappa shape index (κ1) is 6.20. The van der Waals surface area contributed by atoms with Crippen LogP contribution in [0, 0.1) is 11.3 Å². The average Bonchev–Trinajstić information content (AvgIpc) is 2.03. The second-order valence-corrected chi connectivity index (χ2v) is 3.99. The number of hydrogen-bond acceptors (Lipinski definition) is 2. The van der Waals surface area contributed by atoms with E-state index in [9.17, 15) is 4.79 Å². The number of hydrogen-bond donors (Lipinski definition) is 0. The van der Waals surface area contributed by atoms with Gasteiger partial charge in [0, 0.05) is 5.41 Å². The van der Waals surface area contributed by atoms with E-state index in [1.165, 1.54) is 0 Å². The Morgan fingerprint density at radius 3 is 2.70 bits per heavy atom. The van der Waals surface area contributed by atoms with Gasteiger partial charge in [0.1, 0.15) is 6.10 Å². The Morgan fingerprint density at radius 1 is 1.60 bits per heavy atom. The normalized spacial score (nSPS) is 42.0. The molecule has 2 rings (SSSR count). The molecule has 2 nitrogen and oxygen atoms in total. The first-order valence-electron chi connectivity index (χ1n) is 3.82. The highest BCUT2D eigenvalue weighted by Gasteiger charge is 2.55. The molecule has 0 spiro atoms. The van der Waals surface area contributed by atoms with Crippen molar-refractivity contribution in [3.63, 3.8) is 0 Å². The fraction of sp³-hybridized carbons (Fsp3) is 0.875. The number of fused-ring (bicyclic) bond motifs is 1. The SMILES string of the molecule is CC1(C)CC[C@H]2C(=O)O[C@H]21. The van der Waals surface area contributed by atoms with Gasteiger partial charge in [-0.25, -0.2) is 0 Å². The molecule has 0 radical (unpaired) electrons. The van der Waals surface area contributed by atoms with E-state index in [-0.39, 0.29) is 23.4 Å². The lowest BCUT2D eigenvalue weighted by atomic mass is 9.84. The van der Waals surface area contributed by atoms with Gasteiger partial charge in [0.15, 0.2) is 0 Å². The molecule has 1 heterocycles. The van der Waals surface area contributed by atoms with Gasteiger partial charge in [-0.1, -0.05) is 13.8 Å². The fourth-order valence-corrected chi connectivity index (χ4v) is 1.99. The van der Waals surface area contributed by atoms with Crippen molar-refractivity contribution in [2.45, 2.75) is 32.8 Å². The van der Waals surface area contributed by atoms with Crippen LogP contribution < -0.4 is 0 Å². The maximum absolute atomic E-state index is 10.8. The molecule has 1 aliphatic heterocycles. The van der Waals surface area contributed by atoms with Crippen molar-refractivity contribution in [2.24, 2.45) is 11.3 Å². The quantitative estimate of drug-likeness (QED) is 0.475. The first-order chi connectivity index (χ1) is 4.61. The molecule has 0 amide bonds. The summed E-state index contributed by atoms with van der Waals surface area (Å²) in [4.78, 5) is 10.8. The van der Waals surface area contributed by atoms with Crippen molar-refractivity contribution < 1.29 is 9.53 Å². The highest BCUT2D eigenvalue weighted by molar-refractivity contribution is 5.79. The zero-order valence-corrected chi connectivity index (χ0v) is 6.39. The summed E-state index contributed by atoms with van der Waals surface area (Å²) in [7, 11) is 0. The monoisotopic (exact) mass is 140 g/mol. The van der Waals surface area contributed by atoms with Crippen molar-refractivity contribution in [1.82, 2.24) is 0 Å². The minimum atomic E-state index is 0.0237. The minimum absolute atomic E-state index is 0.0237. The van der Waals surface area contributed by atoms with Crippen LogP contribution in [0.2, 0.25) is 0 Å². The molecule has 0 unspecified atom stereocenters. The Kier molecular flexibility index (Phi) is 0.960. The molecule has 2 fully saturated rings. The summed E-state index contributed by atoms with van der Waals surface area (Å²) in [6.07, 6.45) is 2.41. The second kappa shape index (κ2) is 1.55. The summed E-state index contributed by atoms with van der Waals surface area (Å²) in [5, 5.41) is 0. The smallest absolute Gasteiger partial charge is 0.313 e. The minimum Gasteiger partial charge on any atom is -0.461 e. The van der Waals surface area contributed by atoms with Crippen LogP contribution in [-0.2, 0) is 9.53 Å². The van der Waals surface area contributed by atoms with Gasteiger partial charge < -0.3 is 4.74 Å². The number of esters is 1. The third-order valence-electron chi connectivity index (χ3n) is 2.78. The summed E-state index contributed by atoms with van der Waals surface area (Å²) in [5.41, 5.74) is 0.249. The molecule has 2 heteroatoms. The lowest BCUT2D eigenvalue weighted by Crippen LogP contribution is -2.47. The summed E-state index contributed by atoms with van der Waals surface area (Å²) >= 11 is 0. The van der Waals surface area contributed by atoms with Gasteiger partial charge in [-0.05, 0) is 12.8 Å². The molecule has 1 saturated heterocycles. The summed E-state index contributed by atoms with van der Waals surface area (Å²) in [5.74, 6) is 0.269. The van der Waals surface area contributed by atoms with Gasteiger partial charge in [-0.15, -0.1) is 0 Å². The van der Waals surface area contributed by atoms with E-state index >= 15 is 0 Å². The van der Waals surface area contributed by atoms with Crippen LogP contribution in [0.3, 0.4) is 0 Å². The highest BCUT2D eigenvalue weighted by Crippen LogP contribution is 2.49. The summed E-state index contributed by atoms with van der Waals surface area (Å²) in [6, 6.07) is 0. The van der Waals surface area contributed by atoms with Gasteiger partial charge in [0.2, 0.25) is 0 Å². The molecule has 0 aromatic heterocycles. The third kappa shape index (κ3) is 0.568. The van der Waals surface area contributed by atoms with E-state index in [4.69, 9.17) is 4.74 Å². The van der Waals surface area contributed by atoms with E-state index < -0.39 is 0 Å². The molecular weight excluding hydrogens is 128 g/mol. The Balaban J connectivity index is 2.18. The second-order valence-electron chi connectivity index (χ2n) is 3.99. The Bertz CT molecular complexity index is 184. The van der Waals surface area contributed by atoms with Crippen molar-refractivity contribution in [1.29, 1.82) is 0 Å². The van der Waals surface area contributed by atoms with Crippen LogP contribution in [0.4, 0.5) is 0 Å². The number of carbonyl (C=O) groups excluding carboxylic acids is 1. The summed E-state index contributed by atoms with van der Waals surface area (Å²) in [6.45, 7) is 4.34. The number of carbonyl (C=O) groups is 1.